The Hall–Kier alpha value is -1.26. The Bertz CT molecular complexity index is 621. The van der Waals surface area contributed by atoms with Crippen molar-refractivity contribution in [2.45, 2.75) is 65.5 Å². The van der Waals surface area contributed by atoms with Crippen LogP contribution in [-0.4, -0.2) is 42.9 Å². The van der Waals surface area contributed by atoms with Gasteiger partial charge < -0.3 is 14.6 Å². The van der Waals surface area contributed by atoms with E-state index in [1.54, 1.807) is 14.0 Å². The van der Waals surface area contributed by atoms with E-state index in [-0.39, 0.29) is 0 Å². The maximum absolute atomic E-state index is 9.50. The molecular formula is C22H35NO3. The number of hydrogen-bond donors (Lipinski definition) is 1. The Morgan fingerprint density at radius 3 is 2.65 bits per heavy atom. The van der Waals surface area contributed by atoms with Gasteiger partial charge in [0.05, 0.1) is 13.2 Å². The zero-order valence-electron chi connectivity index (χ0n) is 17.0. The minimum atomic E-state index is -0.482. The van der Waals surface area contributed by atoms with E-state index >= 15 is 0 Å². The van der Waals surface area contributed by atoms with E-state index in [1.807, 2.05) is 0 Å². The molecule has 0 bridgehead atoms. The standard InChI is InChI=1S/C22H35NO3/c1-15(24)14-26-21-10-17-8-9-23-13-16(12-22(2,3)4)6-7-19(23)18(17)11-20(21)25-5/h10-11,15-16,19,24H,6-9,12-14H2,1-5H3. The zero-order chi connectivity index (χ0) is 18.9. The molecule has 0 aromatic heterocycles. The molecule has 0 radical (unpaired) electrons. The fourth-order valence-electron chi connectivity index (χ4n) is 4.65. The summed E-state index contributed by atoms with van der Waals surface area (Å²) in [7, 11) is 1.69. The molecule has 3 atom stereocenters. The molecule has 146 valence electrons. The van der Waals surface area contributed by atoms with Crippen molar-refractivity contribution in [1.29, 1.82) is 0 Å². The number of piperidine rings is 1. The van der Waals surface area contributed by atoms with Gasteiger partial charge in [-0.2, -0.15) is 0 Å². The van der Waals surface area contributed by atoms with Crippen molar-refractivity contribution in [1.82, 2.24) is 4.90 Å². The lowest BCUT2D eigenvalue weighted by atomic mass is 9.77. The van der Waals surface area contributed by atoms with Crippen LogP contribution in [0.15, 0.2) is 12.1 Å². The van der Waals surface area contributed by atoms with Gasteiger partial charge in [0.1, 0.15) is 6.61 Å². The number of rotatable bonds is 5. The fourth-order valence-corrected chi connectivity index (χ4v) is 4.65. The van der Waals surface area contributed by atoms with Crippen LogP contribution in [-0.2, 0) is 6.42 Å². The van der Waals surface area contributed by atoms with E-state index in [1.165, 1.54) is 36.9 Å². The minimum absolute atomic E-state index is 0.291. The van der Waals surface area contributed by atoms with Crippen LogP contribution in [0.25, 0.3) is 0 Å². The van der Waals surface area contributed by atoms with Crippen molar-refractivity contribution in [3.63, 3.8) is 0 Å². The molecule has 1 saturated heterocycles. The molecule has 1 N–H and O–H groups in total. The highest BCUT2D eigenvalue weighted by molar-refractivity contribution is 5.49. The summed E-state index contributed by atoms with van der Waals surface area (Å²) < 4.78 is 11.4. The number of benzene rings is 1. The van der Waals surface area contributed by atoms with Gasteiger partial charge in [-0.1, -0.05) is 20.8 Å². The van der Waals surface area contributed by atoms with Crippen molar-refractivity contribution in [3.05, 3.63) is 23.3 Å². The predicted octanol–water partition coefficient (Wildman–Crippen LogP) is 4.20. The van der Waals surface area contributed by atoms with E-state index in [4.69, 9.17) is 9.47 Å². The van der Waals surface area contributed by atoms with Crippen molar-refractivity contribution in [2.75, 3.05) is 26.8 Å². The Labute approximate surface area is 158 Å². The third-order valence-electron chi connectivity index (χ3n) is 5.62. The molecule has 1 aromatic carbocycles. The molecule has 2 heterocycles. The molecule has 0 spiro atoms. The number of methoxy groups -OCH3 is 1. The van der Waals surface area contributed by atoms with E-state index in [2.05, 4.69) is 37.8 Å². The molecule has 4 heteroatoms. The monoisotopic (exact) mass is 361 g/mol. The summed E-state index contributed by atoms with van der Waals surface area (Å²) in [5.74, 6) is 2.34. The third-order valence-corrected chi connectivity index (χ3v) is 5.62. The highest BCUT2D eigenvalue weighted by Crippen LogP contribution is 2.44. The van der Waals surface area contributed by atoms with Crippen molar-refractivity contribution >= 4 is 0 Å². The lowest BCUT2D eigenvalue weighted by molar-refractivity contribution is 0.0791. The molecular weight excluding hydrogens is 326 g/mol. The molecule has 26 heavy (non-hydrogen) atoms. The lowest BCUT2D eigenvalue weighted by Gasteiger charge is -2.45. The smallest absolute Gasteiger partial charge is 0.161 e. The first-order valence-electron chi connectivity index (χ1n) is 10.0. The molecule has 2 aliphatic heterocycles. The normalized spacial score (nSPS) is 24.5. The lowest BCUT2D eigenvalue weighted by Crippen LogP contribution is -2.43. The van der Waals surface area contributed by atoms with Crippen LogP contribution in [0.4, 0.5) is 0 Å². The summed E-state index contributed by atoms with van der Waals surface area (Å²) in [6.45, 7) is 11.4. The van der Waals surface area contributed by atoms with Crippen molar-refractivity contribution < 1.29 is 14.6 Å². The molecule has 1 fully saturated rings. The van der Waals surface area contributed by atoms with Crippen molar-refractivity contribution in [2.24, 2.45) is 11.3 Å². The second-order valence-electron chi connectivity index (χ2n) is 9.33. The maximum Gasteiger partial charge on any atom is 0.161 e. The zero-order valence-corrected chi connectivity index (χ0v) is 17.0. The second kappa shape index (κ2) is 7.77. The van der Waals surface area contributed by atoms with Crippen LogP contribution in [0, 0.1) is 11.3 Å². The van der Waals surface area contributed by atoms with E-state index in [0.29, 0.717) is 18.1 Å². The number of fused-ring (bicyclic) bond motifs is 3. The van der Waals surface area contributed by atoms with Crippen LogP contribution >= 0.6 is 0 Å². The first kappa shape index (κ1) is 19.5. The number of aliphatic hydroxyl groups is 1. The highest BCUT2D eigenvalue weighted by atomic mass is 16.5. The summed E-state index contributed by atoms with van der Waals surface area (Å²) in [6.07, 6.45) is 4.41. The molecule has 2 aliphatic rings. The van der Waals surface area contributed by atoms with Crippen LogP contribution < -0.4 is 9.47 Å². The number of hydrogen-bond acceptors (Lipinski definition) is 4. The van der Waals surface area contributed by atoms with Gasteiger partial charge in [-0.3, -0.25) is 4.90 Å². The van der Waals surface area contributed by atoms with Gasteiger partial charge in [0.15, 0.2) is 11.5 Å². The Morgan fingerprint density at radius 1 is 1.23 bits per heavy atom. The number of aliphatic hydroxyl groups excluding tert-OH is 1. The van der Waals surface area contributed by atoms with Gasteiger partial charge in [0, 0.05) is 19.1 Å². The summed E-state index contributed by atoms with van der Waals surface area (Å²) >= 11 is 0. The predicted molar refractivity (Wildman–Crippen MR) is 105 cm³/mol. The van der Waals surface area contributed by atoms with Crippen LogP contribution in [0.2, 0.25) is 0 Å². The number of ether oxygens (including phenoxy) is 2. The molecule has 3 rings (SSSR count). The minimum Gasteiger partial charge on any atom is -0.493 e. The van der Waals surface area contributed by atoms with Gasteiger partial charge in [-0.15, -0.1) is 0 Å². The molecule has 0 amide bonds. The first-order chi connectivity index (χ1) is 12.3. The Balaban J connectivity index is 1.77. The van der Waals surface area contributed by atoms with Crippen LogP contribution in [0.1, 0.15) is 64.1 Å². The van der Waals surface area contributed by atoms with Gasteiger partial charge in [-0.25, -0.2) is 0 Å². The summed E-state index contributed by atoms with van der Waals surface area (Å²) in [4.78, 5) is 2.68. The molecule has 1 aromatic rings. The second-order valence-corrected chi connectivity index (χ2v) is 9.33. The SMILES string of the molecule is COc1cc2c(cc1OCC(C)O)CCN1CC(CC(C)(C)C)CCC21. The number of nitrogens with zero attached hydrogens (tertiary/aromatic N) is 1. The third kappa shape index (κ3) is 4.52. The van der Waals surface area contributed by atoms with Gasteiger partial charge in [-0.05, 0) is 67.2 Å². The van der Waals surface area contributed by atoms with Crippen LogP contribution in [0.5, 0.6) is 11.5 Å². The fraction of sp³-hybridized carbons (Fsp3) is 0.727. The van der Waals surface area contributed by atoms with Gasteiger partial charge in [0.25, 0.3) is 0 Å². The van der Waals surface area contributed by atoms with E-state index in [9.17, 15) is 5.11 Å². The highest BCUT2D eigenvalue weighted by Gasteiger charge is 2.35. The summed E-state index contributed by atoms with van der Waals surface area (Å²) in [6, 6.07) is 4.82. The molecule has 0 aliphatic carbocycles. The van der Waals surface area contributed by atoms with Crippen LogP contribution in [0.3, 0.4) is 0 Å². The topological polar surface area (TPSA) is 41.9 Å². The molecule has 3 unspecified atom stereocenters. The first-order valence-corrected chi connectivity index (χ1v) is 10.0. The van der Waals surface area contributed by atoms with Gasteiger partial charge >= 0.3 is 0 Å². The van der Waals surface area contributed by atoms with Crippen molar-refractivity contribution in [3.8, 4) is 11.5 Å². The average molecular weight is 362 g/mol. The molecule has 4 nitrogen and oxygen atoms in total. The average Bonchev–Trinajstić information content (AvgIpc) is 2.57. The summed E-state index contributed by atoms with van der Waals surface area (Å²) in [5, 5.41) is 9.50. The van der Waals surface area contributed by atoms with E-state index in [0.717, 1.165) is 30.4 Å². The molecule has 0 saturated carbocycles. The Morgan fingerprint density at radius 2 is 2.00 bits per heavy atom. The quantitative estimate of drug-likeness (QED) is 0.853. The largest absolute Gasteiger partial charge is 0.493 e. The van der Waals surface area contributed by atoms with E-state index < -0.39 is 6.10 Å². The Kier molecular flexibility index (Phi) is 5.83. The summed E-state index contributed by atoms with van der Waals surface area (Å²) in [5.41, 5.74) is 3.19. The van der Waals surface area contributed by atoms with Gasteiger partial charge in [0.2, 0.25) is 0 Å². The maximum atomic E-state index is 9.50.